The van der Waals surface area contributed by atoms with Crippen LogP contribution in [0, 0.1) is 6.92 Å². The van der Waals surface area contributed by atoms with Crippen LogP contribution in [-0.4, -0.2) is 7.11 Å². The van der Waals surface area contributed by atoms with E-state index < -0.39 is 0 Å². The quantitative estimate of drug-likeness (QED) is 0.587. The minimum absolute atomic E-state index is 0.906. The van der Waals surface area contributed by atoms with Crippen LogP contribution in [0.25, 0.3) is 22.8 Å². The first-order chi connectivity index (χ1) is 10.8. The highest BCUT2D eigenvalue weighted by molar-refractivity contribution is 5.77. The summed E-state index contributed by atoms with van der Waals surface area (Å²) in [6.07, 6.45) is 4.07. The van der Waals surface area contributed by atoms with Crippen LogP contribution >= 0.6 is 0 Å². The molecule has 3 rings (SSSR count). The lowest BCUT2D eigenvalue weighted by atomic mass is 10.1. The van der Waals surface area contributed by atoms with E-state index >= 15 is 0 Å². The molecule has 0 radical (unpaired) electrons. The van der Waals surface area contributed by atoms with Gasteiger partial charge in [0.25, 0.3) is 0 Å². The predicted octanol–water partition coefficient (Wildman–Crippen LogP) is 3.54. The molecule has 3 nitrogen and oxygen atoms in total. The lowest BCUT2D eigenvalue weighted by molar-refractivity contribution is -0.538. The second kappa shape index (κ2) is 6.41. The molecule has 0 atom stereocenters. The number of nitrogens with one attached hydrogen (secondary N) is 1. The highest BCUT2D eigenvalue weighted by Crippen LogP contribution is 2.14. The Hall–Kier alpha value is -2.65. The summed E-state index contributed by atoms with van der Waals surface area (Å²) >= 11 is 0. The monoisotopic (exact) mass is 291 g/mol. The van der Waals surface area contributed by atoms with E-state index in [9.17, 15) is 0 Å². The van der Waals surface area contributed by atoms with E-state index in [0.717, 1.165) is 16.8 Å². The maximum absolute atomic E-state index is 5.14. The van der Waals surface area contributed by atoms with Crippen LogP contribution in [-0.2, 0) is 4.84 Å². The average molecular weight is 291 g/mol. The maximum Gasteiger partial charge on any atom is 0.217 e. The number of hydrogen-bond acceptors (Lipinski definition) is 2. The summed E-state index contributed by atoms with van der Waals surface area (Å²) in [6, 6.07) is 20.8. The molecule has 1 heterocycles. The standard InChI is InChI=1S/C19H19N2O/c1-15-9-11-16(12-10-15)18(20-22-2)14-21-13-5-7-17-6-3-4-8-19(17)21/h3-14,20H,1-2H3/q+1. The summed E-state index contributed by atoms with van der Waals surface area (Å²) in [5.74, 6) is 0. The van der Waals surface area contributed by atoms with Gasteiger partial charge in [0.2, 0.25) is 11.7 Å². The van der Waals surface area contributed by atoms with Gasteiger partial charge < -0.3 is 0 Å². The topological polar surface area (TPSA) is 25.1 Å². The van der Waals surface area contributed by atoms with Crippen molar-refractivity contribution >= 4 is 22.8 Å². The number of aromatic nitrogens is 1. The van der Waals surface area contributed by atoms with Crippen LogP contribution in [0.1, 0.15) is 11.1 Å². The molecule has 0 saturated heterocycles. The molecule has 1 N–H and O–H groups in total. The summed E-state index contributed by atoms with van der Waals surface area (Å²) in [6.45, 7) is 2.08. The van der Waals surface area contributed by atoms with Crippen molar-refractivity contribution in [3.05, 3.63) is 78.0 Å². The maximum atomic E-state index is 5.14. The highest BCUT2D eigenvalue weighted by atomic mass is 16.6. The zero-order valence-corrected chi connectivity index (χ0v) is 12.8. The average Bonchev–Trinajstić information content (AvgIpc) is 2.55. The molecule has 22 heavy (non-hydrogen) atoms. The van der Waals surface area contributed by atoms with Gasteiger partial charge in [-0.1, -0.05) is 42.0 Å². The van der Waals surface area contributed by atoms with Gasteiger partial charge in [-0.05, 0) is 19.1 Å². The van der Waals surface area contributed by atoms with Crippen LogP contribution in [0.5, 0.6) is 0 Å². The Labute approximate surface area is 130 Å². The van der Waals surface area contributed by atoms with E-state index in [1.54, 1.807) is 7.11 Å². The summed E-state index contributed by atoms with van der Waals surface area (Å²) in [4.78, 5) is 5.14. The lowest BCUT2D eigenvalue weighted by Gasteiger charge is -2.07. The van der Waals surface area contributed by atoms with Gasteiger partial charge in [-0.25, -0.2) is 0 Å². The molecular formula is C19H19N2O+. The Morgan fingerprint density at radius 2 is 1.73 bits per heavy atom. The predicted molar refractivity (Wildman–Crippen MR) is 89.6 cm³/mol. The molecular weight excluding hydrogens is 272 g/mol. The van der Waals surface area contributed by atoms with Crippen LogP contribution in [0.15, 0.2) is 66.9 Å². The molecule has 3 aromatic rings. The second-order valence-corrected chi connectivity index (χ2v) is 5.19. The Morgan fingerprint density at radius 1 is 1.00 bits per heavy atom. The van der Waals surface area contributed by atoms with Gasteiger partial charge in [0.1, 0.15) is 5.70 Å². The van der Waals surface area contributed by atoms with Gasteiger partial charge in [-0.2, -0.15) is 4.57 Å². The minimum atomic E-state index is 0.906. The largest absolute Gasteiger partial charge is 0.279 e. The molecule has 0 saturated carbocycles. The van der Waals surface area contributed by atoms with Gasteiger partial charge >= 0.3 is 0 Å². The molecule has 0 unspecified atom stereocenters. The molecule has 0 amide bonds. The van der Waals surface area contributed by atoms with Crippen molar-refractivity contribution in [3.8, 4) is 0 Å². The van der Waals surface area contributed by atoms with Crippen LogP contribution in [0.3, 0.4) is 0 Å². The van der Waals surface area contributed by atoms with Crippen molar-refractivity contribution in [1.29, 1.82) is 0 Å². The Balaban J connectivity index is 2.10. The summed E-state index contributed by atoms with van der Waals surface area (Å²) in [5, 5.41) is 1.20. The highest BCUT2D eigenvalue weighted by Gasteiger charge is 2.09. The molecule has 0 fully saturated rings. The second-order valence-electron chi connectivity index (χ2n) is 5.19. The lowest BCUT2D eigenvalue weighted by Crippen LogP contribution is -2.28. The Bertz CT molecular complexity index is 802. The molecule has 0 aliphatic carbocycles. The van der Waals surface area contributed by atoms with Crippen molar-refractivity contribution < 1.29 is 9.40 Å². The SMILES string of the molecule is CONC(=C[n+]1cccc2ccccc21)c1ccc(C)cc1. The van der Waals surface area contributed by atoms with E-state index in [4.69, 9.17) is 4.84 Å². The van der Waals surface area contributed by atoms with E-state index in [1.165, 1.54) is 10.9 Å². The van der Waals surface area contributed by atoms with Crippen molar-refractivity contribution in [3.63, 3.8) is 0 Å². The van der Waals surface area contributed by atoms with E-state index in [0.29, 0.717) is 0 Å². The summed E-state index contributed by atoms with van der Waals surface area (Å²) in [5.41, 5.74) is 7.34. The van der Waals surface area contributed by atoms with E-state index in [-0.39, 0.29) is 0 Å². The van der Waals surface area contributed by atoms with Gasteiger partial charge in [0, 0.05) is 23.1 Å². The van der Waals surface area contributed by atoms with Crippen LogP contribution in [0.2, 0.25) is 0 Å². The fourth-order valence-electron chi connectivity index (χ4n) is 2.44. The van der Waals surface area contributed by atoms with Gasteiger partial charge in [0.15, 0.2) is 6.20 Å². The van der Waals surface area contributed by atoms with Crippen LogP contribution in [0.4, 0.5) is 0 Å². The fourth-order valence-corrected chi connectivity index (χ4v) is 2.44. The number of hydrogen-bond donors (Lipinski definition) is 1. The fraction of sp³-hybridized carbons (Fsp3) is 0.105. The van der Waals surface area contributed by atoms with Crippen molar-refractivity contribution in [1.82, 2.24) is 5.48 Å². The van der Waals surface area contributed by atoms with Gasteiger partial charge in [-0.15, -0.1) is 0 Å². The van der Waals surface area contributed by atoms with Crippen molar-refractivity contribution in [2.45, 2.75) is 6.92 Å². The third-order valence-electron chi connectivity index (χ3n) is 3.58. The molecule has 0 aliphatic heterocycles. The normalized spacial score (nSPS) is 11.6. The molecule has 0 bridgehead atoms. The van der Waals surface area contributed by atoms with Crippen LogP contribution < -0.4 is 10.0 Å². The first kappa shape index (κ1) is 14.3. The molecule has 3 heteroatoms. The van der Waals surface area contributed by atoms with Crippen molar-refractivity contribution in [2.75, 3.05) is 7.11 Å². The first-order valence-electron chi connectivity index (χ1n) is 7.25. The molecule has 1 aromatic heterocycles. The molecule has 0 spiro atoms. The Kier molecular flexibility index (Phi) is 4.17. The van der Waals surface area contributed by atoms with Crippen molar-refractivity contribution in [2.24, 2.45) is 0 Å². The minimum Gasteiger partial charge on any atom is -0.279 e. The number of fused-ring (bicyclic) bond motifs is 1. The molecule has 110 valence electrons. The number of aryl methyl sites for hydroxylation is 1. The number of para-hydroxylation sites is 1. The Morgan fingerprint density at radius 3 is 2.50 bits per heavy atom. The number of pyridine rings is 1. The third kappa shape index (κ3) is 3.00. The zero-order valence-electron chi connectivity index (χ0n) is 12.8. The molecule has 2 aromatic carbocycles. The number of benzene rings is 2. The van der Waals surface area contributed by atoms with Gasteiger partial charge in [0.05, 0.1) is 7.11 Å². The number of nitrogens with zero attached hydrogens (tertiary/aromatic N) is 1. The summed E-state index contributed by atoms with van der Waals surface area (Å²) < 4.78 is 2.09. The first-order valence-corrected chi connectivity index (χ1v) is 7.25. The third-order valence-corrected chi connectivity index (χ3v) is 3.58. The smallest absolute Gasteiger partial charge is 0.217 e. The zero-order chi connectivity index (χ0) is 15.4. The van der Waals surface area contributed by atoms with E-state index in [2.05, 4.69) is 59.4 Å². The summed E-state index contributed by atoms with van der Waals surface area (Å²) in [7, 11) is 1.62. The van der Waals surface area contributed by atoms with Gasteiger partial charge in [-0.3, -0.25) is 10.3 Å². The number of hydroxylamine groups is 1. The number of rotatable bonds is 4. The molecule has 0 aliphatic rings. The van der Waals surface area contributed by atoms with E-state index in [1.807, 2.05) is 30.6 Å².